The summed E-state index contributed by atoms with van der Waals surface area (Å²) in [6.07, 6.45) is 5.33. The van der Waals surface area contributed by atoms with E-state index in [9.17, 15) is 4.79 Å². The van der Waals surface area contributed by atoms with E-state index in [1.54, 1.807) is 11.0 Å². The molecule has 0 unspecified atom stereocenters. The summed E-state index contributed by atoms with van der Waals surface area (Å²) in [6, 6.07) is 3.55. The van der Waals surface area contributed by atoms with Crippen molar-refractivity contribution in [3.63, 3.8) is 0 Å². The number of anilines is 1. The molecule has 0 aliphatic carbocycles. The molecule has 0 saturated heterocycles. The summed E-state index contributed by atoms with van der Waals surface area (Å²) in [5.74, 6) is 2.23. The van der Waals surface area contributed by atoms with Crippen LogP contribution in [0.2, 0.25) is 5.02 Å². The van der Waals surface area contributed by atoms with Crippen LogP contribution in [0.3, 0.4) is 0 Å². The minimum Gasteiger partial charge on any atom is -0.495 e. The molecule has 0 radical (unpaired) electrons. The Balaban J connectivity index is 3.10. The number of carbonyl (C=O) groups is 1. The first kappa shape index (κ1) is 15.2. The molecule has 0 aliphatic heterocycles. The summed E-state index contributed by atoms with van der Waals surface area (Å²) >= 11 is 6.04. The standard InChI is InChI=1S/C14H16ClNO3/c1-4-6-16(7-5-14(17)18)12-8-10(2)11(15)9-13(12)19-3/h1,8-9H,5-7H2,2-3H3,(H,17,18). The SMILES string of the molecule is C#CCN(CCC(=O)O)c1cc(C)c(Cl)cc1OC. The molecule has 1 N–H and O–H groups in total. The summed E-state index contributed by atoms with van der Waals surface area (Å²) in [4.78, 5) is 12.5. The molecule has 0 fully saturated rings. The first-order chi connectivity index (χ1) is 8.99. The van der Waals surface area contributed by atoms with Crippen LogP contribution in [0.15, 0.2) is 12.1 Å². The number of methoxy groups -OCH3 is 1. The number of terminal acetylenes is 1. The van der Waals surface area contributed by atoms with Gasteiger partial charge in [0.2, 0.25) is 0 Å². The first-order valence-electron chi connectivity index (χ1n) is 5.74. The Morgan fingerprint density at radius 1 is 1.58 bits per heavy atom. The van der Waals surface area contributed by atoms with Gasteiger partial charge in [-0.1, -0.05) is 17.5 Å². The van der Waals surface area contributed by atoms with Crippen molar-refractivity contribution in [3.8, 4) is 18.1 Å². The number of carboxylic acid groups (broad SMARTS) is 1. The number of carboxylic acids is 1. The van der Waals surface area contributed by atoms with Gasteiger partial charge in [-0.15, -0.1) is 6.42 Å². The molecule has 1 aromatic rings. The summed E-state index contributed by atoms with van der Waals surface area (Å²) in [7, 11) is 1.54. The zero-order valence-corrected chi connectivity index (χ0v) is 11.7. The number of hydrogen-bond acceptors (Lipinski definition) is 3. The van der Waals surface area contributed by atoms with E-state index in [4.69, 9.17) is 27.9 Å². The van der Waals surface area contributed by atoms with Gasteiger partial charge < -0.3 is 14.7 Å². The van der Waals surface area contributed by atoms with E-state index in [0.29, 0.717) is 23.9 Å². The van der Waals surface area contributed by atoms with Crippen LogP contribution in [-0.4, -0.2) is 31.3 Å². The van der Waals surface area contributed by atoms with Crippen LogP contribution in [0.5, 0.6) is 5.75 Å². The average molecular weight is 282 g/mol. The second-order valence-electron chi connectivity index (χ2n) is 4.04. The van der Waals surface area contributed by atoms with Gasteiger partial charge in [-0.25, -0.2) is 0 Å². The Bertz CT molecular complexity index is 508. The first-order valence-corrected chi connectivity index (χ1v) is 6.11. The molecule has 0 spiro atoms. The minimum atomic E-state index is -0.869. The van der Waals surface area contributed by atoms with Gasteiger partial charge in [0.05, 0.1) is 25.8 Å². The van der Waals surface area contributed by atoms with Crippen molar-refractivity contribution in [1.29, 1.82) is 0 Å². The summed E-state index contributed by atoms with van der Waals surface area (Å²) < 4.78 is 5.27. The highest BCUT2D eigenvalue weighted by atomic mass is 35.5. The number of nitrogens with zero attached hydrogens (tertiary/aromatic N) is 1. The topological polar surface area (TPSA) is 49.8 Å². The summed E-state index contributed by atoms with van der Waals surface area (Å²) in [5, 5.41) is 9.37. The van der Waals surface area contributed by atoms with Crippen LogP contribution >= 0.6 is 11.6 Å². The molecule has 4 nitrogen and oxygen atoms in total. The quantitative estimate of drug-likeness (QED) is 0.814. The Labute approximate surface area is 117 Å². The maximum atomic E-state index is 10.7. The van der Waals surface area contributed by atoms with Crippen molar-refractivity contribution in [3.05, 3.63) is 22.7 Å². The number of rotatable bonds is 6. The molecule has 102 valence electrons. The van der Waals surface area contributed by atoms with Crippen molar-refractivity contribution < 1.29 is 14.6 Å². The lowest BCUT2D eigenvalue weighted by molar-refractivity contribution is -0.136. The lowest BCUT2D eigenvalue weighted by atomic mass is 10.1. The van der Waals surface area contributed by atoms with Gasteiger partial charge in [-0.2, -0.15) is 0 Å². The lowest BCUT2D eigenvalue weighted by Gasteiger charge is -2.24. The van der Waals surface area contributed by atoms with Crippen molar-refractivity contribution in [1.82, 2.24) is 0 Å². The normalized spacial score (nSPS) is 9.79. The van der Waals surface area contributed by atoms with E-state index in [0.717, 1.165) is 11.3 Å². The smallest absolute Gasteiger partial charge is 0.305 e. The molecular formula is C14H16ClNO3. The number of hydrogen-bond donors (Lipinski definition) is 1. The van der Waals surface area contributed by atoms with E-state index in [2.05, 4.69) is 5.92 Å². The zero-order valence-electron chi connectivity index (χ0n) is 10.9. The average Bonchev–Trinajstić information content (AvgIpc) is 2.37. The molecule has 0 heterocycles. The third kappa shape index (κ3) is 4.08. The third-order valence-electron chi connectivity index (χ3n) is 2.68. The fourth-order valence-electron chi connectivity index (χ4n) is 1.68. The largest absolute Gasteiger partial charge is 0.495 e. The maximum absolute atomic E-state index is 10.7. The van der Waals surface area contributed by atoms with Crippen molar-refractivity contribution in [2.75, 3.05) is 25.1 Å². The predicted octanol–water partition coefficient (Wildman–Crippen LogP) is 2.57. The van der Waals surface area contributed by atoms with Gasteiger partial charge in [0, 0.05) is 17.6 Å². The predicted molar refractivity (Wildman–Crippen MR) is 76.0 cm³/mol. The number of aliphatic carboxylic acids is 1. The summed E-state index contributed by atoms with van der Waals surface area (Å²) in [5.41, 5.74) is 1.64. The van der Waals surface area contributed by atoms with Crippen LogP contribution in [-0.2, 0) is 4.79 Å². The van der Waals surface area contributed by atoms with Gasteiger partial charge in [0.25, 0.3) is 0 Å². The van der Waals surface area contributed by atoms with Crippen LogP contribution in [0.1, 0.15) is 12.0 Å². The van der Waals surface area contributed by atoms with E-state index >= 15 is 0 Å². The highest BCUT2D eigenvalue weighted by Crippen LogP contribution is 2.33. The summed E-state index contributed by atoms with van der Waals surface area (Å²) in [6.45, 7) is 2.50. The molecule has 5 heteroatoms. The zero-order chi connectivity index (χ0) is 14.4. The van der Waals surface area contributed by atoms with Gasteiger partial charge >= 0.3 is 5.97 Å². The molecule has 0 amide bonds. The Hall–Kier alpha value is -1.86. The van der Waals surface area contributed by atoms with Gasteiger partial charge in [-0.3, -0.25) is 4.79 Å². The molecule has 19 heavy (non-hydrogen) atoms. The van der Waals surface area contributed by atoms with Crippen molar-refractivity contribution in [2.45, 2.75) is 13.3 Å². The Morgan fingerprint density at radius 3 is 2.79 bits per heavy atom. The highest BCUT2D eigenvalue weighted by Gasteiger charge is 2.14. The number of benzene rings is 1. The molecular weight excluding hydrogens is 266 g/mol. The Kier molecular flexibility index (Phi) is 5.53. The van der Waals surface area contributed by atoms with Gasteiger partial charge in [-0.05, 0) is 18.6 Å². The molecule has 0 saturated carbocycles. The number of halogens is 1. The fraction of sp³-hybridized carbons (Fsp3) is 0.357. The van der Waals surface area contributed by atoms with Crippen LogP contribution in [0, 0.1) is 19.3 Å². The molecule has 0 aliphatic rings. The molecule has 0 atom stereocenters. The molecule has 1 rings (SSSR count). The van der Waals surface area contributed by atoms with Gasteiger partial charge in [0.15, 0.2) is 0 Å². The fourth-order valence-corrected chi connectivity index (χ4v) is 1.84. The van der Waals surface area contributed by atoms with E-state index in [-0.39, 0.29) is 6.42 Å². The monoisotopic (exact) mass is 281 g/mol. The second kappa shape index (κ2) is 6.91. The highest BCUT2D eigenvalue weighted by molar-refractivity contribution is 6.31. The van der Waals surface area contributed by atoms with E-state index in [1.807, 2.05) is 13.0 Å². The Morgan fingerprint density at radius 2 is 2.26 bits per heavy atom. The van der Waals surface area contributed by atoms with E-state index < -0.39 is 5.97 Å². The minimum absolute atomic E-state index is 0.00646. The third-order valence-corrected chi connectivity index (χ3v) is 3.09. The molecule has 1 aromatic carbocycles. The van der Waals surface area contributed by atoms with E-state index in [1.165, 1.54) is 7.11 Å². The number of aryl methyl sites for hydroxylation is 1. The van der Waals surface area contributed by atoms with Crippen LogP contribution < -0.4 is 9.64 Å². The molecule has 0 bridgehead atoms. The van der Waals surface area contributed by atoms with Crippen molar-refractivity contribution >= 4 is 23.3 Å². The lowest BCUT2D eigenvalue weighted by Crippen LogP contribution is -2.27. The van der Waals surface area contributed by atoms with Crippen LogP contribution in [0.25, 0.3) is 0 Å². The van der Waals surface area contributed by atoms with Gasteiger partial charge in [0.1, 0.15) is 5.75 Å². The van der Waals surface area contributed by atoms with Crippen molar-refractivity contribution in [2.24, 2.45) is 0 Å². The molecule has 0 aromatic heterocycles. The maximum Gasteiger partial charge on any atom is 0.305 e. The second-order valence-corrected chi connectivity index (χ2v) is 4.45. The number of ether oxygens (including phenoxy) is 1. The van der Waals surface area contributed by atoms with Crippen LogP contribution in [0.4, 0.5) is 5.69 Å².